The number of thiophene rings is 1. The molecular formula is C25H32N4O2S2. The Morgan fingerprint density at radius 1 is 1.24 bits per heavy atom. The maximum atomic E-state index is 12.6. The molecule has 0 radical (unpaired) electrons. The average molecular weight is 485 g/mol. The van der Waals surface area contributed by atoms with Crippen LogP contribution < -0.4 is 15.8 Å². The smallest absolute Gasteiger partial charge is 0.259 e. The first-order valence-corrected chi connectivity index (χ1v) is 13.7. The van der Waals surface area contributed by atoms with Gasteiger partial charge in [0.25, 0.3) is 5.56 Å². The van der Waals surface area contributed by atoms with Crippen molar-refractivity contribution in [3.63, 3.8) is 0 Å². The van der Waals surface area contributed by atoms with Gasteiger partial charge in [-0.3, -0.25) is 9.59 Å². The molecule has 33 heavy (non-hydrogen) atoms. The number of benzene rings is 1. The number of rotatable bonds is 9. The molecule has 1 aliphatic carbocycles. The third kappa shape index (κ3) is 5.61. The van der Waals surface area contributed by atoms with Crippen molar-refractivity contribution >= 4 is 50.6 Å². The Bertz CT molecular complexity index is 1170. The van der Waals surface area contributed by atoms with Crippen molar-refractivity contribution in [3.05, 3.63) is 50.9 Å². The van der Waals surface area contributed by atoms with Gasteiger partial charge < -0.3 is 15.2 Å². The van der Waals surface area contributed by atoms with Crippen LogP contribution in [-0.2, 0) is 23.4 Å². The Morgan fingerprint density at radius 2 is 2.00 bits per heavy atom. The lowest BCUT2D eigenvalue weighted by atomic mass is 9.97. The molecule has 0 saturated carbocycles. The monoisotopic (exact) mass is 484 g/mol. The molecule has 2 aromatic heterocycles. The minimum absolute atomic E-state index is 0.00528. The standard InChI is InChI=1S/C25H32N4O2S2/c1-4-29(16(2)3)18-11-9-17(10-12-18)26-22(30)13-14-32-15-21-27-24(31)23-19-7-5-6-8-20(19)33-25(23)28-21/h9-12,16H,4-8,13-15H2,1-3H3,(H,26,30)(H,27,28,31). The first kappa shape index (κ1) is 23.8. The van der Waals surface area contributed by atoms with Crippen molar-refractivity contribution in [1.29, 1.82) is 0 Å². The molecular weight excluding hydrogens is 452 g/mol. The molecule has 2 heterocycles. The van der Waals surface area contributed by atoms with Gasteiger partial charge in [0, 0.05) is 41.0 Å². The Hall–Kier alpha value is -2.32. The number of aryl methyl sites for hydroxylation is 2. The number of aromatic nitrogens is 2. The summed E-state index contributed by atoms with van der Waals surface area (Å²) in [4.78, 5) is 37.1. The molecule has 4 rings (SSSR count). The van der Waals surface area contributed by atoms with Crippen LogP contribution >= 0.6 is 23.1 Å². The van der Waals surface area contributed by atoms with Crippen molar-refractivity contribution in [2.45, 2.75) is 64.7 Å². The van der Waals surface area contributed by atoms with E-state index in [-0.39, 0.29) is 11.5 Å². The molecule has 0 saturated heterocycles. The van der Waals surface area contributed by atoms with Gasteiger partial charge >= 0.3 is 0 Å². The van der Waals surface area contributed by atoms with Crippen LogP contribution in [0.15, 0.2) is 29.1 Å². The zero-order chi connectivity index (χ0) is 23.4. The van der Waals surface area contributed by atoms with Crippen LogP contribution in [0.2, 0.25) is 0 Å². The highest BCUT2D eigenvalue weighted by Crippen LogP contribution is 2.33. The van der Waals surface area contributed by atoms with Crippen LogP contribution in [0.3, 0.4) is 0 Å². The van der Waals surface area contributed by atoms with Crippen LogP contribution in [0, 0.1) is 0 Å². The second kappa shape index (κ2) is 10.7. The fourth-order valence-electron chi connectivity index (χ4n) is 4.42. The second-order valence-electron chi connectivity index (χ2n) is 8.68. The molecule has 3 aromatic rings. The van der Waals surface area contributed by atoms with Crippen LogP contribution in [0.4, 0.5) is 11.4 Å². The lowest BCUT2D eigenvalue weighted by molar-refractivity contribution is -0.115. The third-order valence-corrected chi connectivity index (χ3v) is 8.19. The fourth-order valence-corrected chi connectivity index (χ4v) is 6.50. The van der Waals surface area contributed by atoms with Gasteiger partial charge in [-0.15, -0.1) is 11.3 Å². The first-order chi connectivity index (χ1) is 16.0. The van der Waals surface area contributed by atoms with Gasteiger partial charge in [-0.1, -0.05) is 0 Å². The summed E-state index contributed by atoms with van der Waals surface area (Å²) in [5.41, 5.74) is 3.17. The Balaban J connectivity index is 1.27. The molecule has 0 unspecified atom stereocenters. The molecule has 0 fully saturated rings. The molecule has 2 N–H and O–H groups in total. The van der Waals surface area contributed by atoms with Gasteiger partial charge in [0.1, 0.15) is 10.7 Å². The summed E-state index contributed by atoms with van der Waals surface area (Å²) in [6.45, 7) is 7.44. The fraction of sp³-hybridized carbons (Fsp3) is 0.480. The lowest BCUT2D eigenvalue weighted by Gasteiger charge is -2.27. The van der Waals surface area contributed by atoms with Gasteiger partial charge in [-0.05, 0) is 76.3 Å². The number of aromatic amines is 1. The zero-order valence-corrected chi connectivity index (χ0v) is 21.2. The van der Waals surface area contributed by atoms with Crippen molar-refractivity contribution < 1.29 is 4.79 Å². The number of hydrogen-bond donors (Lipinski definition) is 2. The summed E-state index contributed by atoms with van der Waals surface area (Å²) >= 11 is 3.29. The number of anilines is 2. The quantitative estimate of drug-likeness (QED) is 0.400. The minimum atomic E-state index is -0.0182. The average Bonchev–Trinajstić information content (AvgIpc) is 3.17. The topological polar surface area (TPSA) is 78.1 Å². The van der Waals surface area contributed by atoms with E-state index in [0.29, 0.717) is 29.8 Å². The number of nitrogens with one attached hydrogen (secondary N) is 2. The molecule has 8 heteroatoms. The number of fused-ring (bicyclic) bond motifs is 3. The van der Waals surface area contributed by atoms with E-state index in [1.165, 1.54) is 16.9 Å². The molecule has 0 atom stereocenters. The molecule has 1 aromatic carbocycles. The van der Waals surface area contributed by atoms with Crippen LogP contribution in [0.25, 0.3) is 10.2 Å². The molecule has 0 spiro atoms. The van der Waals surface area contributed by atoms with E-state index in [2.05, 4.69) is 48.1 Å². The molecule has 0 aliphatic heterocycles. The van der Waals surface area contributed by atoms with E-state index in [1.54, 1.807) is 23.1 Å². The summed E-state index contributed by atoms with van der Waals surface area (Å²) in [7, 11) is 0. The number of nitrogens with zero attached hydrogens (tertiary/aromatic N) is 2. The van der Waals surface area contributed by atoms with Crippen LogP contribution in [0.5, 0.6) is 0 Å². The molecule has 176 valence electrons. The van der Waals surface area contributed by atoms with E-state index in [4.69, 9.17) is 4.98 Å². The number of amides is 1. The van der Waals surface area contributed by atoms with Gasteiger partial charge in [0.05, 0.1) is 11.1 Å². The maximum absolute atomic E-state index is 12.6. The van der Waals surface area contributed by atoms with Gasteiger partial charge in [0.2, 0.25) is 5.91 Å². The van der Waals surface area contributed by atoms with Crippen LogP contribution in [0.1, 0.15) is 56.3 Å². The molecule has 0 bridgehead atoms. The molecule has 6 nitrogen and oxygen atoms in total. The number of thioether (sulfide) groups is 1. The summed E-state index contributed by atoms with van der Waals surface area (Å²) in [5.74, 6) is 1.95. The van der Waals surface area contributed by atoms with E-state index >= 15 is 0 Å². The number of H-pyrrole nitrogens is 1. The largest absolute Gasteiger partial charge is 0.369 e. The van der Waals surface area contributed by atoms with Crippen molar-refractivity contribution in [1.82, 2.24) is 9.97 Å². The number of carbonyl (C=O) groups is 1. The van der Waals surface area contributed by atoms with Crippen molar-refractivity contribution in [3.8, 4) is 0 Å². The molecule has 1 amide bonds. The summed E-state index contributed by atoms with van der Waals surface area (Å²) in [5, 5.41) is 3.77. The van der Waals surface area contributed by atoms with Gasteiger partial charge in [0.15, 0.2) is 0 Å². The lowest BCUT2D eigenvalue weighted by Crippen LogP contribution is -2.30. The van der Waals surface area contributed by atoms with Gasteiger partial charge in [-0.25, -0.2) is 4.98 Å². The molecule has 1 aliphatic rings. The van der Waals surface area contributed by atoms with E-state index in [9.17, 15) is 9.59 Å². The minimum Gasteiger partial charge on any atom is -0.369 e. The maximum Gasteiger partial charge on any atom is 0.259 e. The SMILES string of the molecule is CCN(c1ccc(NC(=O)CCSCc2nc3sc4c(c3c(=O)[nH]2)CCCC4)cc1)C(C)C. The summed E-state index contributed by atoms with van der Waals surface area (Å²) < 4.78 is 0. The van der Waals surface area contributed by atoms with E-state index in [0.717, 1.165) is 47.4 Å². The Morgan fingerprint density at radius 3 is 2.73 bits per heavy atom. The van der Waals surface area contributed by atoms with Crippen LogP contribution in [-0.4, -0.2) is 34.2 Å². The van der Waals surface area contributed by atoms with Crippen molar-refractivity contribution in [2.75, 3.05) is 22.5 Å². The highest BCUT2D eigenvalue weighted by atomic mass is 32.2. The highest BCUT2D eigenvalue weighted by Gasteiger charge is 2.19. The summed E-state index contributed by atoms with van der Waals surface area (Å²) in [6, 6.07) is 8.44. The zero-order valence-electron chi connectivity index (χ0n) is 19.6. The highest BCUT2D eigenvalue weighted by molar-refractivity contribution is 7.98. The van der Waals surface area contributed by atoms with E-state index < -0.39 is 0 Å². The predicted octanol–water partition coefficient (Wildman–Crippen LogP) is 5.36. The second-order valence-corrected chi connectivity index (χ2v) is 10.9. The Labute approximate surface area is 203 Å². The van der Waals surface area contributed by atoms with Gasteiger partial charge in [-0.2, -0.15) is 11.8 Å². The summed E-state index contributed by atoms with van der Waals surface area (Å²) in [6.07, 6.45) is 4.81. The van der Waals surface area contributed by atoms with Crippen molar-refractivity contribution in [2.24, 2.45) is 0 Å². The van der Waals surface area contributed by atoms with E-state index in [1.807, 2.05) is 12.1 Å². The normalized spacial score (nSPS) is 13.3. The number of carbonyl (C=O) groups excluding carboxylic acids is 1. The predicted molar refractivity (Wildman–Crippen MR) is 141 cm³/mol. The Kier molecular flexibility index (Phi) is 7.75. The number of hydrogen-bond acceptors (Lipinski definition) is 6. The first-order valence-electron chi connectivity index (χ1n) is 11.7. The third-order valence-electron chi connectivity index (χ3n) is 6.03.